The zero-order valence-electron chi connectivity index (χ0n) is 11.6. The van der Waals surface area contributed by atoms with Gasteiger partial charge in [-0.1, -0.05) is 64.2 Å². The summed E-state index contributed by atoms with van der Waals surface area (Å²) in [6.45, 7) is 4.45. The Labute approximate surface area is 108 Å². The van der Waals surface area contributed by atoms with Crippen LogP contribution in [-0.2, 0) is 0 Å². The lowest BCUT2D eigenvalue weighted by atomic mass is 10.2. The number of hydrogen-bond acceptors (Lipinski definition) is 1. The lowest BCUT2D eigenvalue weighted by Gasteiger charge is -1.92. The van der Waals surface area contributed by atoms with Crippen molar-refractivity contribution in [1.29, 1.82) is 0 Å². The summed E-state index contributed by atoms with van der Waals surface area (Å²) in [4.78, 5) is 0. The van der Waals surface area contributed by atoms with Gasteiger partial charge in [0.1, 0.15) is 0 Å². The van der Waals surface area contributed by atoms with E-state index in [2.05, 4.69) is 43.1 Å². The average molecular weight is 233 g/mol. The van der Waals surface area contributed by atoms with Gasteiger partial charge in [-0.3, -0.25) is 5.32 Å². The Hall–Kier alpha value is -1.08. The summed E-state index contributed by atoms with van der Waals surface area (Å²) in [6.07, 6.45) is 12.2. The quantitative estimate of drug-likeness (QED) is 0.371. The first-order chi connectivity index (χ1) is 8.41. The zero-order chi connectivity index (χ0) is 12.6. The van der Waals surface area contributed by atoms with Gasteiger partial charge in [0.25, 0.3) is 0 Å². The summed E-state index contributed by atoms with van der Waals surface area (Å²) in [5.41, 5.74) is 0. The summed E-state index contributed by atoms with van der Waals surface area (Å²) < 4.78 is 0. The van der Waals surface area contributed by atoms with Gasteiger partial charge >= 0.3 is 0 Å². The van der Waals surface area contributed by atoms with Gasteiger partial charge in [0, 0.05) is 24.9 Å². The first-order valence-corrected chi connectivity index (χ1v) is 7.12. The number of unbranched alkanes of at least 4 members (excludes halogenated alkanes) is 8. The topological polar surface area (TPSA) is 12.0 Å². The van der Waals surface area contributed by atoms with Gasteiger partial charge in [0.15, 0.2) is 0 Å². The van der Waals surface area contributed by atoms with Gasteiger partial charge in [-0.2, -0.15) is 0 Å². The molecule has 0 bridgehead atoms. The van der Waals surface area contributed by atoms with Gasteiger partial charge in [-0.15, -0.1) is 0 Å². The summed E-state index contributed by atoms with van der Waals surface area (Å²) >= 11 is 0. The SMILES string of the molecule is CCCCCCC#CNC#CCCCCCC. The standard InChI is InChI=1S/C16H27N/c1-3-5-7-9-11-13-15-17-16-14-12-10-8-6-4-2/h17H,3-12H2,1-2H3. The molecule has 0 saturated heterocycles. The van der Waals surface area contributed by atoms with Crippen LogP contribution in [0.4, 0.5) is 0 Å². The third kappa shape index (κ3) is 14.9. The van der Waals surface area contributed by atoms with Crippen LogP contribution < -0.4 is 5.32 Å². The molecule has 96 valence electrons. The maximum absolute atomic E-state index is 3.09. The third-order valence-electron chi connectivity index (χ3n) is 2.61. The van der Waals surface area contributed by atoms with Crippen molar-refractivity contribution < 1.29 is 0 Å². The highest BCUT2D eigenvalue weighted by Gasteiger charge is 1.84. The highest BCUT2D eigenvalue weighted by Crippen LogP contribution is 2.01. The molecular formula is C16H27N. The molecule has 1 N–H and O–H groups in total. The van der Waals surface area contributed by atoms with E-state index < -0.39 is 0 Å². The van der Waals surface area contributed by atoms with E-state index in [4.69, 9.17) is 0 Å². The molecule has 0 aliphatic heterocycles. The number of hydrogen-bond donors (Lipinski definition) is 1. The molecule has 0 rings (SSSR count). The highest BCUT2D eigenvalue weighted by molar-refractivity contribution is 5.07. The Morgan fingerprint density at radius 2 is 1.12 bits per heavy atom. The molecule has 17 heavy (non-hydrogen) atoms. The average Bonchev–Trinajstić information content (AvgIpc) is 2.35. The van der Waals surface area contributed by atoms with Crippen molar-refractivity contribution in [3.63, 3.8) is 0 Å². The van der Waals surface area contributed by atoms with Crippen molar-refractivity contribution in [2.75, 3.05) is 0 Å². The van der Waals surface area contributed by atoms with Crippen LogP contribution in [0, 0.1) is 23.9 Å². The first kappa shape index (κ1) is 15.9. The molecule has 1 heteroatoms. The van der Waals surface area contributed by atoms with Crippen LogP contribution in [0.15, 0.2) is 0 Å². The predicted molar refractivity (Wildman–Crippen MR) is 76.2 cm³/mol. The molecule has 0 atom stereocenters. The van der Waals surface area contributed by atoms with Gasteiger partial charge in [-0.25, -0.2) is 0 Å². The molecular weight excluding hydrogens is 206 g/mol. The highest BCUT2D eigenvalue weighted by atomic mass is 14.8. The second-order valence-electron chi connectivity index (χ2n) is 4.35. The molecule has 0 aliphatic rings. The van der Waals surface area contributed by atoms with Crippen LogP contribution in [0.5, 0.6) is 0 Å². The van der Waals surface area contributed by atoms with Gasteiger partial charge in [0.05, 0.1) is 0 Å². The van der Waals surface area contributed by atoms with Gasteiger partial charge in [-0.05, 0) is 12.8 Å². The Bertz CT molecular complexity index is 231. The van der Waals surface area contributed by atoms with Crippen molar-refractivity contribution in [1.82, 2.24) is 5.32 Å². The number of nitrogens with one attached hydrogen (secondary N) is 1. The van der Waals surface area contributed by atoms with Crippen LogP contribution in [0.1, 0.15) is 78.1 Å². The fraction of sp³-hybridized carbons (Fsp3) is 0.750. The Morgan fingerprint density at radius 3 is 1.53 bits per heavy atom. The van der Waals surface area contributed by atoms with Crippen molar-refractivity contribution >= 4 is 0 Å². The van der Waals surface area contributed by atoms with Crippen LogP contribution in [0.25, 0.3) is 0 Å². The van der Waals surface area contributed by atoms with Crippen molar-refractivity contribution in [2.24, 2.45) is 0 Å². The fourth-order valence-electron chi connectivity index (χ4n) is 1.52. The van der Waals surface area contributed by atoms with E-state index in [-0.39, 0.29) is 0 Å². The molecule has 0 amide bonds. The third-order valence-corrected chi connectivity index (χ3v) is 2.61. The Balaban J connectivity index is 3.25. The van der Waals surface area contributed by atoms with E-state index in [0.29, 0.717) is 0 Å². The first-order valence-electron chi connectivity index (χ1n) is 7.12. The van der Waals surface area contributed by atoms with Crippen LogP contribution >= 0.6 is 0 Å². The fourth-order valence-corrected chi connectivity index (χ4v) is 1.52. The monoisotopic (exact) mass is 233 g/mol. The van der Waals surface area contributed by atoms with Crippen molar-refractivity contribution in [3.8, 4) is 23.9 Å². The predicted octanol–water partition coefficient (Wildman–Crippen LogP) is 4.44. The second kappa shape index (κ2) is 14.9. The van der Waals surface area contributed by atoms with E-state index in [1.807, 2.05) is 0 Å². The molecule has 0 unspecified atom stereocenters. The summed E-state index contributed by atoms with van der Waals surface area (Å²) in [5, 5.41) is 2.84. The minimum atomic E-state index is 0.991. The minimum absolute atomic E-state index is 0.991. The molecule has 0 saturated carbocycles. The smallest absolute Gasteiger partial charge is 0.0171 e. The van der Waals surface area contributed by atoms with E-state index in [1.54, 1.807) is 0 Å². The molecule has 0 aromatic heterocycles. The van der Waals surface area contributed by atoms with Gasteiger partial charge < -0.3 is 0 Å². The van der Waals surface area contributed by atoms with Gasteiger partial charge in [0.2, 0.25) is 0 Å². The Kier molecular flexibility index (Phi) is 14.0. The summed E-state index contributed by atoms with van der Waals surface area (Å²) in [6, 6.07) is 5.78. The molecule has 0 fully saturated rings. The molecule has 0 heterocycles. The van der Waals surface area contributed by atoms with Crippen molar-refractivity contribution in [2.45, 2.75) is 78.1 Å². The molecule has 0 aromatic carbocycles. The largest absolute Gasteiger partial charge is 0.274 e. The number of rotatable bonds is 8. The molecule has 0 aliphatic carbocycles. The molecule has 0 radical (unpaired) electrons. The molecule has 0 aromatic rings. The summed E-state index contributed by atoms with van der Waals surface area (Å²) in [5.74, 6) is 6.18. The second-order valence-corrected chi connectivity index (χ2v) is 4.35. The van der Waals surface area contributed by atoms with E-state index in [9.17, 15) is 0 Å². The van der Waals surface area contributed by atoms with Crippen molar-refractivity contribution in [3.05, 3.63) is 0 Å². The lowest BCUT2D eigenvalue weighted by Crippen LogP contribution is -1.93. The normalized spacial score (nSPS) is 8.82. The minimum Gasteiger partial charge on any atom is -0.274 e. The van der Waals surface area contributed by atoms with Crippen LogP contribution in [0.3, 0.4) is 0 Å². The maximum Gasteiger partial charge on any atom is 0.0171 e. The lowest BCUT2D eigenvalue weighted by molar-refractivity contribution is 0.679. The maximum atomic E-state index is 3.09. The summed E-state index contributed by atoms with van der Waals surface area (Å²) in [7, 11) is 0. The molecule has 0 spiro atoms. The molecule has 1 nitrogen and oxygen atoms in total. The van der Waals surface area contributed by atoms with Crippen LogP contribution in [-0.4, -0.2) is 0 Å². The van der Waals surface area contributed by atoms with E-state index in [1.165, 1.54) is 51.4 Å². The van der Waals surface area contributed by atoms with E-state index in [0.717, 1.165) is 12.8 Å². The zero-order valence-corrected chi connectivity index (χ0v) is 11.6. The van der Waals surface area contributed by atoms with E-state index >= 15 is 0 Å². The Morgan fingerprint density at radius 1 is 0.647 bits per heavy atom. The van der Waals surface area contributed by atoms with Crippen LogP contribution in [0.2, 0.25) is 0 Å².